The zero-order chi connectivity index (χ0) is 14.5. The molecule has 0 aromatic heterocycles. The molecule has 2 aliphatic rings. The second kappa shape index (κ2) is 6.74. The second-order valence-electron chi connectivity index (χ2n) is 5.57. The number of Topliss-reactive ketones (excluding diaryl/α,β-unsaturated/α-hetero) is 1. The summed E-state index contributed by atoms with van der Waals surface area (Å²) in [7, 11) is 0. The zero-order valence-corrected chi connectivity index (χ0v) is 12.6. The van der Waals surface area contributed by atoms with E-state index in [4.69, 9.17) is 0 Å². The Morgan fingerprint density at radius 3 is 3.00 bits per heavy atom. The van der Waals surface area contributed by atoms with E-state index in [1.165, 1.54) is 0 Å². The van der Waals surface area contributed by atoms with Crippen LogP contribution in [0.1, 0.15) is 39.5 Å². The van der Waals surface area contributed by atoms with Gasteiger partial charge < -0.3 is 4.90 Å². The van der Waals surface area contributed by atoms with Crippen LogP contribution in [0.4, 0.5) is 0 Å². The summed E-state index contributed by atoms with van der Waals surface area (Å²) in [5.41, 5.74) is 1.70. The lowest BCUT2D eigenvalue weighted by atomic mass is 9.77. The quantitative estimate of drug-likeness (QED) is 0.568. The molecule has 1 heterocycles. The van der Waals surface area contributed by atoms with Crippen LogP contribution in [-0.4, -0.2) is 23.3 Å². The van der Waals surface area contributed by atoms with Gasteiger partial charge in [0.2, 0.25) is 0 Å². The number of hydrogen-bond acceptors (Lipinski definition) is 2. The molecule has 2 unspecified atom stereocenters. The van der Waals surface area contributed by atoms with Gasteiger partial charge in [-0.1, -0.05) is 44.2 Å². The highest BCUT2D eigenvalue weighted by molar-refractivity contribution is 6.03. The summed E-state index contributed by atoms with van der Waals surface area (Å²) in [5.74, 6) is 0.383. The minimum atomic E-state index is 0.110. The van der Waals surface area contributed by atoms with Gasteiger partial charge in [0, 0.05) is 23.7 Å². The van der Waals surface area contributed by atoms with E-state index >= 15 is 0 Å². The first kappa shape index (κ1) is 14.8. The lowest BCUT2D eigenvalue weighted by Crippen LogP contribution is -2.49. The van der Waals surface area contributed by atoms with Crippen LogP contribution in [0.5, 0.6) is 0 Å². The van der Waals surface area contributed by atoms with Crippen LogP contribution in [-0.2, 0) is 4.79 Å². The van der Waals surface area contributed by atoms with E-state index in [0.717, 1.165) is 43.5 Å². The second-order valence-corrected chi connectivity index (χ2v) is 5.57. The number of carbonyl (C=O) groups excluding carboxylic acids is 1. The predicted octanol–water partition coefficient (Wildman–Crippen LogP) is 4.02. The fourth-order valence-electron chi connectivity index (χ4n) is 3.08. The largest absolute Gasteiger partial charge is 0.364 e. The average molecular weight is 271 g/mol. The lowest BCUT2D eigenvalue weighted by Gasteiger charge is -2.44. The molecule has 0 N–H and O–H groups in total. The molecular formula is C18H25NO. The number of likely N-dealkylation sites (tertiary alicyclic amines) is 1. The summed E-state index contributed by atoms with van der Waals surface area (Å²) >= 11 is 0. The summed E-state index contributed by atoms with van der Waals surface area (Å²) in [6.07, 6.45) is 14.5. The average Bonchev–Trinajstić information content (AvgIpc) is 2.47. The van der Waals surface area contributed by atoms with E-state index in [9.17, 15) is 4.79 Å². The Morgan fingerprint density at radius 2 is 2.30 bits per heavy atom. The molecule has 2 heteroatoms. The number of carbonyl (C=O) groups is 1. The molecule has 0 amide bonds. The number of fused-ring (bicyclic) bond motifs is 1. The summed E-state index contributed by atoms with van der Waals surface area (Å²) < 4.78 is 0. The molecule has 108 valence electrons. The van der Waals surface area contributed by atoms with E-state index in [1.54, 1.807) is 0 Å². The number of nitrogens with zero attached hydrogens (tertiary/aromatic N) is 1. The van der Waals surface area contributed by atoms with E-state index < -0.39 is 0 Å². The first-order chi connectivity index (χ1) is 9.70. The molecule has 0 bridgehead atoms. The topological polar surface area (TPSA) is 20.3 Å². The third-order valence-electron chi connectivity index (χ3n) is 4.22. The van der Waals surface area contributed by atoms with Crippen LogP contribution < -0.4 is 0 Å². The summed E-state index contributed by atoms with van der Waals surface area (Å²) in [6.45, 7) is 9.34. The molecule has 0 aromatic carbocycles. The van der Waals surface area contributed by atoms with Crippen molar-refractivity contribution in [3.8, 4) is 0 Å². The van der Waals surface area contributed by atoms with Crippen molar-refractivity contribution in [3.05, 3.63) is 48.2 Å². The first-order valence-corrected chi connectivity index (χ1v) is 7.70. The highest BCUT2D eigenvalue weighted by Crippen LogP contribution is 2.36. The molecule has 2 rings (SSSR count). The number of allylic oxidation sites excluding steroid dienone is 5. The minimum Gasteiger partial charge on any atom is -0.364 e. The van der Waals surface area contributed by atoms with Crippen LogP contribution >= 0.6 is 0 Å². The van der Waals surface area contributed by atoms with Gasteiger partial charge in [-0.05, 0) is 32.3 Å². The van der Waals surface area contributed by atoms with Gasteiger partial charge >= 0.3 is 0 Å². The van der Waals surface area contributed by atoms with Crippen molar-refractivity contribution in [1.29, 1.82) is 0 Å². The van der Waals surface area contributed by atoms with Crippen LogP contribution in [0, 0.1) is 5.92 Å². The Bertz CT molecular complexity index is 470. The number of hydrogen-bond donors (Lipinski definition) is 0. The van der Waals surface area contributed by atoms with Crippen LogP contribution in [0.25, 0.3) is 0 Å². The Hall–Kier alpha value is -1.57. The molecule has 20 heavy (non-hydrogen) atoms. The lowest BCUT2D eigenvalue weighted by molar-refractivity contribution is -0.122. The summed E-state index contributed by atoms with van der Waals surface area (Å²) in [4.78, 5) is 15.0. The van der Waals surface area contributed by atoms with Gasteiger partial charge in [0.15, 0.2) is 5.78 Å². The van der Waals surface area contributed by atoms with Crippen molar-refractivity contribution < 1.29 is 4.79 Å². The SMILES string of the molecule is C=C1/C(=C\C=C/C)C(=O)C2CCC=CC2N1CCCC. The fourth-order valence-corrected chi connectivity index (χ4v) is 3.08. The Morgan fingerprint density at radius 1 is 1.50 bits per heavy atom. The third-order valence-corrected chi connectivity index (χ3v) is 4.22. The molecule has 2 atom stereocenters. The van der Waals surface area contributed by atoms with Gasteiger partial charge in [-0.3, -0.25) is 4.79 Å². The van der Waals surface area contributed by atoms with Crippen LogP contribution in [0.3, 0.4) is 0 Å². The van der Waals surface area contributed by atoms with Gasteiger partial charge in [0.1, 0.15) is 0 Å². The van der Waals surface area contributed by atoms with Crippen molar-refractivity contribution in [2.24, 2.45) is 5.92 Å². The van der Waals surface area contributed by atoms with E-state index in [1.807, 2.05) is 25.2 Å². The normalized spacial score (nSPS) is 28.5. The van der Waals surface area contributed by atoms with Crippen molar-refractivity contribution in [2.75, 3.05) is 6.54 Å². The molecular weight excluding hydrogens is 246 g/mol. The van der Waals surface area contributed by atoms with Gasteiger partial charge in [-0.25, -0.2) is 0 Å². The number of ketones is 1. The number of rotatable bonds is 4. The number of piperidine rings is 1. The minimum absolute atomic E-state index is 0.110. The first-order valence-electron chi connectivity index (χ1n) is 7.70. The van der Waals surface area contributed by atoms with Crippen LogP contribution in [0.2, 0.25) is 0 Å². The molecule has 1 fully saturated rings. The maximum atomic E-state index is 12.7. The summed E-state index contributed by atoms with van der Waals surface area (Å²) in [5, 5.41) is 0. The van der Waals surface area contributed by atoms with E-state index in [0.29, 0.717) is 0 Å². The maximum Gasteiger partial charge on any atom is 0.170 e. The molecule has 1 saturated heterocycles. The van der Waals surface area contributed by atoms with Crippen molar-refractivity contribution in [1.82, 2.24) is 4.90 Å². The molecule has 0 spiro atoms. The highest BCUT2D eigenvalue weighted by Gasteiger charge is 2.40. The third kappa shape index (κ3) is 2.79. The molecule has 1 aliphatic carbocycles. The van der Waals surface area contributed by atoms with Gasteiger partial charge in [0.05, 0.1) is 6.04 Å². The predicted molar refractivity (Wildman–Crippen MR) is 84.3 cm³/mol. The summed E-state index contributed by atoms with van der Waals surface area (Å²) in [6, 6.07) is 0.220. The Labute approximate surface area is 122 Å². The monoisotopic (exact) mass is 271 g/mol. The molecule has 1 aliphatic heterocycles. The Kier molecular flexibility index (Phi) is 4.99. The number of unbranched alkanes of at least 4 members (excludes halogenated alkanes) is 1. The van der Waals surface area contributed by atoms with Crippen molar-refractivity contribution >= 4 is 5.78 Å². The van der Waals surface area contributed by atoms with Crippen molar-refractivity contribution in [3.63, 3.8) is 0 Å². The van der Waals surface area contributed by atoms with E-state index in [2.05, 4.69) is 30.6 Å². The fraction of sp³-hybridized carbons (Fsp3) is 0.500. The Balaban J connectivity index is 2.33. The smallest absolute Gasteiger partial charge is 0.170 e. The molecule has 2 nitrogen and oxygen atoms in total. The maximum absolute atomic E-state index is 12.7. The van der Waals surface area contributed by atoms with Gasteiger partial charge in [-0.2, -0.15) is 0 Å². The molecule has 0 radical (unpaired) electrons. The molecule has 0 aromatic rings. The standard InChI is InChI=1S/C18H25NO/c1-4-6-10-15-14(3)19(13-7-5-2)17-12-9-8-11-16(17)18(15)20/h4,6,9-10,12,16-17H,3,5,7-8,11,13H2,1-2H3/b6-4-,15-10+. The highest BCUT2D eigenvalue weighted by atomic mass is 16.1. The van der Waals surface area contributed by atoms with Gasteiger partial charge in [-0.15, -0.1) is 0 Å². The zero-order valence-electron chi connectivity index (χ0n) is 12.6. The van der Waals surface area contributed by atoms with Crippen molar-refractivity contribution in [2.45, 2.75) is 45.6 Å². The van der Waals surface area contributed by atoms with Crippen LogP contribution in [0.15, 0.2) is 48.2 Å². The van der Waals surface area contributed by atoms with Gasteiger partial charge in [0.25, 0.3) is 0 Å². The molecule has 0 saturated carbocycles. The van der Waals surface area contributed by atoms with E-state index in [-0.39, 0.29) is 17.7 Å².